The van der Waals surface area contributed by atoms with Crippen LogP contribution in [-0.4, -0.2) is 69.8 Å². The lowest BCUT2D eigenvalue weighted by molar-refractivity contribution is 0.219. The summed E-state index contributed by atoms with van der Waals surface area (Å²) in [5.74, 6) is 0.597. The standard InChI is InChI=1S/C17H27N7O/c1-21(2)17-19-13(9-16(25)20-17)10-22(3)14-6-8-24(11-14)12-15-5-7-18-23(15)4/h5,7,9,14H,6,8,10-12H2,1-4H3,(H,19,20,25). The van der Waals surface area contributed by atoms with E-state index in [4.69, 9.17) is 0 Å². The smallest absolute Gasteiger partial charge is 0.252 e. The third kappa shape index (κ3) is 4.26. The van der Waals surface area contributed by atoms with Crippen molar-refractivity contribution in [1.29, 1.82) is 0 Å². The lowest BCUT2D eigenvalue weighted by atomic mass is 10.2. The summed E-state index contributed by atoms with van der Waals surface area (Å²) in [4.78, 5) is 25.7. The van der Waals surface area contributed by atoms with Crippen molar-refractivity contribution in [3.05, 3.63) is 40.1 Å². The number of H-pyrrole nitrogens is 1. The Kier molecular flexibility index (Phi) is 5.19. The Morgan fingerprint density at radius 1 is 1.36 bits per heavy atom. The highest BCUT2D eigenvalue weighted by molar-refractivity contribution is 5.27. The Morgan fingerprint density at radius 2 is 2.16 bits per heavy atom. The third-order valence-corrected chi connectivity index (χ3v) is 4.80. The Bertz CT molecular complexity index is 766. The number of aryl methyl sites for hydroxylation is 1. The van der Waals surface area contributed by atoms with Crippen LogP contribution in [-0.2, 0) is 20.1 Å². The van der Waals surface area contributed by atoms with Crippen molar-refractivity contribution in [3.8, 4) is 0 Å². The van der Waals surface area contributed by atoms with Crippen molar-refractivity contribution >= 4 is 5.95 Å². The van der Waals surface area contributed by atoms with Crippen LogP contribution in [0.2, 0.25) is 0 Å². The zero-order chi connectivity index (χ0) is 18.0. The van der Waals surface area contributed by atoms with Crippen LogP contribution < -0.4 is 10.5 Å². The number of aromatic nitrogens is 4. The van der Waals surface area contributed by atoms with Gasteiger partial charge in [0.15, 0.2) is 0 Å². The molecular formula is C17H27N7O. The zero-order valence-corrected chi connectivity index (χ0v) is 15.4. The number of nitrogens with zero attached hydrogens (tertiary/aromatic N) is 6. The average Bonchev–Trinajstić information content (AvgIpc) is 3.17. The van der Waals surface area contributed by atoms with E-state index in [9.17, 15) is 4.79 Å². The molecule has 1 saturated heterocycles. The van der Waals surface area contributed by atoms with Gasteiger partial charge in [-0.2, -0.15) is 5.10 Å². The molecule has 1 atom stereocenters. The molecule has 1 unspecified atom stereocenters. The molecule has 1 N–H and O–H groups in total. The molecule has 2 aromatic heterocycles. The summed E-state index contributed by atoms with van der Waals surface area (Å²) in [6.45, 7) is 3.70. The highest BCUT2D eigenvalue weighted by Crippen LogP contribution is 2.18. The molecule has 0 bridgehead atoms. The van der Waals surface area contributed by atoms with E-state index in [1.54, 1.807) is 6.07 Å². The van der Waals surface area contributed by atoms with Crippen molar-refractivity contribution in [2.24, 2.45) is 7.05 Å². The molecule has 136 valence electrons. The number of nitrogens with one attached hydrogen (secondary N) is 1. The summed E-state index contributed by atoms with van der Waals surface area (Å²) in [5, 5.41) is 4.23. The number of likely N-dealkylation sites (N-methyl/N-ethyl adjacent to an activating group) is 1. The maximum absolute atomic E-state index is 11.8. The number of aromatic amines is 1. The highest BCUT2D eigenvalue weighted by Gasteiger charge is 2.26. The molecule has 25 heavy (non-hydrogen) atoms. The van der Waals surface area contributed by atoms with Gasteiger partial charge in [-0.15, -0.1) is 0 Å². The number of anilines is 1. The molecule has 0 spiro atoms. The monoisotopic (exact) mass is 345 g/mol. The molecule has 1 fully saturated rings. The van der Waals surface area contributed by atoms with E-state index >= 15 is 0 Å². The van der Waals surface area contributed by atoms with Gasteiger partial charge in [-0.1, -0.05) is 0 Å². The molecule has 1 aliphatic heterocycles. The Morgan fingerprint density at radius 3 is 2.84 bits per heavy atom. The van der Waals surface area contributed by atoms with Crippen molar-refractivity contribution in [1.82, 2.24) is 29.5 Å². The highest BCUT2D eigenvalue weighted by atomic mass is 16.1. The predicted octanol–water partition coefficient (Wildman–Crippen LogP) is 0.276. The molecule has 3 heterocycles. The van der Waals surface area contributed by atoms with Crippen molar-refractivity contribution in [3.63, 3.8) is 0 Å². The molecule has 8 nitrogen and oxygen atoms in total. The molecule has 0 amide bonds. The Hall–Kier alpha value is -2.19. The molecule has 3 rings (SSSR count). The van der Waals surface area contributed by atoms with Crippen LogP contribution in [0.3, 0.4) is 0 Å². The van der Waals surface area contributed by atoms with Gasteiger partial charge in [0.1, 0.15) is 0 Å². The van der Waals surface area contributed by atoms with Gasteiger partial charge >= 0.3 is 0 Å². The van der Waals surface area contributed by atoms with Gasteiger partial charge in [-0.3, -0.25) is 24.3 Å². The van der Waals surface area contributed by atoms with E-state index in [0.717, 1.165) is 31.7 Å². The van der Waals surface area contributed by atoms with E-state index in [2.05, 4.69) is 38.0 Å². The summed E-state index contributed by atoms with van der Waals surface area (Å²) in [6.07, 6.45) is 2.97. The molecule has 1 aliphatic rings. The lowest BCUT2D eigenvalue weighted by Crippen LogP contribution is -2.35. The topological polar surface area (TPSA) is 73.3 Å². The summed E-state index contributed by atoms with van der Waals surface area (Å²) >= 11 is 0. The average molecular weight is 345 g/mol. The van der Waals surface area contributed by atoms with E-state index in [0.29, 0.717) is 18.5 Å². The van der Waals surface area contributed by atoms with Crippen LogP contribution in [0.1, 0.15) is 17.8 Å². The van der Waals surface area contributed by atoms with E-state index in [1.807, 2.05) is 36.9 Å². The first-order valence-electron chi connectivity index (χ1n) is 8.59. The summed E-state index contributed by atoms with van der Waals surface area (Å²) in [6, 6.07) is 4.13. The SMILES string of the molecule is CN(C)c1nc(CN(C)C2CCN(Cc3ccnn3C)C2)cc(=O)[nH]1. The predicted molar refractivity (Wildman–Crippen MR) is 97.5 cm³/mol. The van der Waals surface area contributed by atoms with Crippen LogP contribution in [0.4, 0.5) is 5.95 Å². The van der Waals surface area contributed by atoms with Gasteiger partial charge in [-0.25, -0.2) is 4.98 Å². The van der Waals surface area contributed by atoms with E-state index < -0.39 is 0 Å². The molecule has 8 heteroatoms. The largest absolute Gasteiger partial charge is 0.348 e. The van der Waals surface area contributed by atoms with E-state index in [1.165, 1.54) is 5.69 Å². The summed E-state index contributed by atoms with van der Waals surface area (Å²) in [5.41, 5.74) is 1.93. The minimum Gasteiger partial charge on any atom is -0.348 e. The van der Waals surface area contributed by atoms with Gasteiger partial charge < -0.3 is 4.90 Å². The maximum Gasteiger partial charge on any atom is 0.252 e. The van der Waals surface area contributed by atoms with Gasteiger partial charge in [-0.05, 0) is 19.5 Å². The van der Waals surface area contributed by atoms with Crippen LogP contribution in [0, 0.1) is 0 Å². The second kappa shape index (κ2) is 7.37. The first-order chi connectivity index (χ1) is 11.9. The fraction of sp³-hybridized carbons (Fsp3) is 0.588. The Balaban J connectivity index is 1.60. The van der Waals surface area contributed by atoms with Gasteiger partial charge in [0.2, 0.25) is 5.95 Å². The molecule has 0 aliphatic carbocycles. The number of hydrogen-bond donors (Lipinski definition) is 1. The normalized spacial score (nSPS) is 18.2. The molecular weight excluding hydrogens is 318 g/mol. The number of rotatable bonds is 6. The fourth-order valence-electron chi connectivity index (χ4n) is 3.27. The van der Waals surface area contributed by atoms with E-state index in [-0.39, 0.29) is 5.56 Å². The van der Waals surface area contributed by atoms with Gasteiger partial charge in [0.25, 0.3) is 5.56 Å². The lowest BCUT2D eigenvalue weighted by Gasteiger charge is -2.24. The molecule has 0 aromatic carbocycles. The minimum absolute atomic E-state index is 0.105. The second-order valence-electron chi connectivity index (χ2n) is 6.99. The minimum atomic E-state index is -0.105. The summed E-state index contributed by atoms with van der Waals surface area (Å²) < 4.78 is 1.93. The second-order valence-corrected chi connectivity index (χ2v) is 6.99. The van der Waals surface area contributed by atoms with Gasteiger partial charge in [0.05, 0.1) is 11.4 Å². The third-order valence-electron chi connectivity index (χ3n) is 4.80. The fourth-order valence-corrected chi connectivity index (χ4v) is 3.27. The van der Waals surface area contributed by atoms with Crippen molar-refractivity contribution in [2.75, 3.05) is 39.1 Å². The first-order valence-corrected chi connectivity index (χ1v) is 8.59. The first kappa shape index (κ1) is 17.6. The van der Waals surface area contributed by atoms with Crippen molar-refractivity contribution < 1.29 is 0 Å². The number of likely N-dealkylation sites (tertiary alicyclic amines) is 1. The number of hydrogen-bond acceptors (Lipinski definition) is 6. The Labute approximate surface area is 148 Å². The molecule has 0 saturated carbocycles. The van der Waals surface area contributed by atoms with Gasteiger partial charge in [0, 0.05) is 65.6 Å². The zero-order valence-electron chi connectivity index (χ0n) is 15.4. The van der Waals surface area contributed by atoms with Crippen LogP contribution >= 0.6 is 0 Å². The van der Waals surface area contributed by atoms with Crippen LogP contribution in [0.5, 0.6) is 0 Å². The molecule has 2 aromatic rings. The maximum atomic E-state index is 11.8. The van der Waals surface area contributed by atoms with Crippen LogP contribution in [0.25, 0.3) is 0 Å². The van der Waals surface area contributed by atoms with Crippen molar-refractivity contribution in [2.45, 2.75) is 25.6 Å². The quantitative estimate of drug-likeness (QED) is 0.810. The summed E-state index contributed by atoms with van der Waals surface area (Å²) in [7, 11) is 7.84. The molecule has 0 radical (unpaired) electrons. The van der Waals surface area contributed by atoms with Crippen LogP contribution in [0.15, 0.2) is 23.1 Å².